The van der Waals surface area contributed by atoms with Gasteiger partial charge in [-0.05, 0) is 58.4 Å². The van der Waals surface area contributed by atoms with Crippen molar-refractivity contribution in [1.82, 2.24) is 4.98 Å². The third-order valence-electron chi connectivity index (χ3n) is 3.31. The van der Waals surface area contributed by atoms with Gasteiger partial charge >= 0.3 is 6.16 Å². The molecule has 1 heterocycles. The van der Waals surface area contributed by atoms with Crippen molar-refractivity contribution in [3.05, 3.63) is 57.8 Å². The molecule has 0 aliphatic carbocycles. The molecule has 2 aromatic rings. The second-order valence-electron chi connectivity index (χ2n) is 6.61. The van der Waals surface area contributed by atoms with E-state index in [4.69, 9.17) is 9.47 Å². The quantitative estimate of drug-likeness (QED) is 0.764. The summed E-state index contributed by atoms with van der Waals surface area (Å²) in [6.07, 6.45) is -0.962. The summed E-state index contributed by atoms with van der Waals surface area (Å²) in [5.74, 6) is -0.599. The Morgan fingerprint density at radius 2 is 1.72 bits per heavy atom. The first-order valence-electron chi connectivity index (χ1n) is 7.76. The van der Waals surface area contributed by atoms with Crippen LogP contribution >= 0.6 is 0 Å². The monoisotopic (exact) mass is 345 g/mol. The van der Waals surface area contributed by atoms with Crippen molar-refractivity contribution in [2.24, 2.45) is 0 Å². The molecule has 1 aromatic carbocycles. The molecular weight excluding hydrogens is 325 g/mol. The Morgan fingerprint density at radius 3 is 2.36 bits per heavy atom. The van der Waals surface area contributed by atoms with Crippen LogP contribution in [-0.4, -0.2) is 16.7 Å². The van der Waals surface area contributed by atoms with E-state index in [1.165, 1.54) is 24.3 Å². The number of ether oxygens (including phenoxy) is 2. The van der Waals surface area contributed by atoms with Crippen LogP contribution < -0.4 is 10.2 Å². The highest BCUT2D eigenvalue weighted by Crippen LogP contribution is 2.24. The van der Waals surface area contributed by atoms with Crippen LogP contribution in [0.15, 0.2) is 35.1 Å². The van der Waals surface area contributed by atoms with Gasteiger partial charge in [0.25, 0.3) is 0 Å². The Hall–Kier alpha value is -2.76. The summed E-state index contributed by atoms with van der Waals surface area (Å²) >= 11 is 0. The molecule has 0 bridgehead atoms. The smallest absolute Gasteiger partial charge is 0.428 e. The maximum absolute atomic E-state index is 13.8. The van der Waals surface area contributed by atoms with Gasteiger partial charge in [0.1, 0.15) is 11.4 Å². The third kappa shape index (κ3) is 4.86. The summed E-state index contributed by atoms with van der Waals surface area (Å²) in [7, 11) is 0. The summed E-state index contributed by atoms with van der Waals surface area (Å²) in [4.78, 5) is 28.0. The fraction of sp³-hybridized carbons (Fsp3) is 0.316. The molecule has 0 atom stereocenters. The van der Waals surface area contributed by atoms with Gasteiger partial charge in [-0.2, -0.15) is 0 Å². The summed E-state index contributed by atoms with van der Waals surface area (Å²) in [5, 5.41) is 0. The molecule has 0 aliphatic rings. The largest absolute Gasteiger partial charge is 0.514 e. The highest BCUT2D eigenvalue weighted by molar-refractivity contribution is 5.67. The minimum Gasteiger partial charge on any atom is -0.428 e. The van der Waals surface area contributed by atoms with Gasteiger partial charge < -0.3 is 9.47 Å². The maximum Gasteiger partial charge on any atom is 0.514 e. The lowest BCUT2D eigenvalue weighted by Crippen LogP contribution is -2.26. The van der Waals surface area contributed by atoms with E-state index in [1.807, 2.05) is 0 Å². The van der Waals surface area contributed by atoms with E-state index < -0.39 is 23.0 Å². The van der Waals surface area contributed by atoms with E-state index in [0.29, 0.717) is 22.5 Å². The first-order valence-corrected chi connectivity index (χ1v) is 7.76. The normalized spacial score (nSPS) is 11.1. The van der Waals surface area contributed by atoms with E-state index in [9.17, 15) is 14.0 Å². The Labute approximate surface area is 145 Å². The molecule has 0 amide bonds. The molecule has 5 nitrogen and oxygen atoms in total. The van der Waals surface area contributed by atoms with Gasteiger partial charge in [-0.15, -0.1) is 0 Å². The zero-order valence-electron chi connectivity index (χ0n) is 14.8. The van der Waals surface area contributed by atoms with E-state index in [1.54, 1.807) is 40.7 Å². The number of pyridine rings is 1. The van der Waals surface area contributed by atoms with Crippen molar-refractivity contribution in [1.29, 1.82) is 0 Å². The second-order valence-corrected chi connectivity index (χ2v) is 6.61. The molecule has 25 heavy (non-hydrogen) atoms. The summed E-state index contributed by atoms with van der Waals surface area (Å²) in [6.45, 7) is 8.41. The van der Waals surface area contributed by atoms with Gasteiger partial charge in [-0.1, -0.05) is 12.1 Å². The topological polar surface area (TPSA) is 65.5 Å². The minimum atomic E-state index is -0.962. The molecule has 0 radical (unpaired) electrons. The Kier molecular flexibility index (Phi) is 5.21. The van der Waals surface area contributed by atoms with Crippen LogP contribution in [0.25, 0.3) is 11.1 Å². The van der Waals surface area contributed by atoms with Crippen LogP contribution in [0, 0.1) is 19.7 Å². The van der Waals surface area contributed by atoms with E-state index in [-0.39, 0.29) is 5.75 Å². The van der Waals surface area contributed by atoms with Crippen molar-refractivity contribution in [3.8, 4) is 16.9 Å². The lowest BCUT2D eigenvalue weighted by Gasteiger charge is -2.18. The van der Waals surface area contributed by atoms with Gasteiger partial charge in [-0.25, -0.2) is 9.18 Å². The number of aromatic nitrogens is 1. The zero-order valence-corrected chi connectivity index (χ0v) is 14.8. The number of rotatable bonds is 2. The van der Waals surface area contributed by atoms with Crippen molar-refractivity contribution in [2.45, 2.75) is 40.2 Å². The molecule has 0 fully saturated rings. The molecule has 1 aromatic heterocycles. The number of nitrogens with zero attached hydrogens (tertiary/aromatic N) is 1. The molecule has 0 saturated heterocycles. The minimum absolute atomic E-state index is 0.168. The van der Waals surface area contributed by atoms with E-state index in [2.05, 4.69) is 4.98 Å². The zero-order chi connectivity index (χ0) is 18.8. The SMILES string of the molecule is Cc1nc(C)c(-c2ccc(OC(=O)OC(C)(C)C)c(=O)cc2)cc1F. The average Bonchev–Trinajstić information content (AvgIpc) is 2.64. The number of halogens is 1. The van der Waals surface area contributed by atoms with Gasteiger partial charge in [0.05, 0.1) is 5.69 Å². The van der Waals surface area contributed by atoms with Crippen LogP contribution in [0.2, 0.25) is 0 Å². The Balaban J connectivity index is 2.37. The van der Waals surface area contributed by atoms with Crippen molar-refractivity contribution in [2.75, 3.05) is 0 Å². The number of hydrogen-bond donors (Lipinski definition) is 0. The highest BCUT2D eigenvalue weighted by Gasteiger charge is 2.19. The predicted molar refractivity (Wildman–Crippen MR) is 92.2 cm³/mol. The Bertz CT molecular complexity index is 872. The lowest BCUT2D eigenvalue weighted by molar-refractivity contribution is 0.0204. The third-order valence-corrected chi connectivity index (χ3v) is 3.31. The van der Waals surface area contributed by atoms with E-state index >= 15 is 0 Å². The van der Waals surface area contributed by atoms with Crippen LogP contribution in [0.5, 0.6) is 5.75 Å². The van der Waals surface area contributed by atoms with E-state index in [0.717, 1.165) is 0 Å². The molecule has 0 N–H and O–H groups in total. The molecule has 0 aliphatic heterocycles. The number of carbonyl (C=O) groups excluding carboxylic acids is 1. The van der Waals surface area contributed by atoms with Gasteiger partial charge in [-0.3, -0.25) is 9.78 Å². The summed E-state index contributed by atoms with van der Waals surface area (Å²) in [5.41, 5.74) is 0.856. The molecule has 0 unspecified atom stereocenters. The summed E-state index contributed by atoms with van der Waals surface area (Å²) in [6, 6.07) is 7.08. The average molecular weight is 345 g/mol. The Morgan fingerprint density at radius 1 is 1.08 bits per heavy atom. The first kappa shape index (κ1) is 18.6. The number of hydrogen-bond acceptors (Lipinski definition) is 5. The van der Waals surface area contributed by atoms with Crippen molar-refractivity contribution in [3.63, 3.8) is 0 Å². The molecule has 2 rings (SSSR count). The van der Waals surface area contributed by atoms with Crippen molar-refractivity contribution >= 4 is 6.16 Å². The molecule has 0 spiro atoms. The fourth-order valence-corrected chi connectivity index (χ4v) is 2.17. The predicted octanol–water partition coefficient (Wildman–Crippen LogP) is 4.18. The van der Waals surface area contributed by atoms with Gasteiger partial charge in [0.2, 0.25) is 5.43 Å². The summed E-state index contributed by atoms with van der Waals surface area (Å²) < 4.78 is 23.8. The van der Waals surface area contributed by atoms with Crippen LogP contribution in [-0.2, 0) is 4.74 Å². The highest BCUT2D eigenvalue weighted by atomic mass is 19.1. The molecule has 6 heteroatoms. The molecule has 0 saturated carbocycles. The lowest BCUT2D eigenvalue weighted by atomic mass is 10.1. The fourth-order valence-electron chi connectivity index (χ4n) is 2.17. The molecular formula is C19H20FNO4. The number of aryl methyl sites for hydroxylation is 2. The molecule has 132 valence electrons. The van der Waals surface area contributed by atoms with Gasteiger partial charge in [0, 0.05) is 11.3 Å². The van der Waals surface area contributed by atoms with Crippen LogP contribution in [0.3, 0.4) is 0 Å². The first-order chi connectivity index (χ1) is 11.6. The maximum atomic E-state index is 13.8. The van der Waals surface area contributed by atoms with Crippen LogP contribution in [0.1, 0.15) is 32.2 Å². The standard InChI is InChI=1S/C19H20FNO4/c1-11-14(10-15(20)12(2)21-11)13-6-8-16(22)17(9-7-13)24-18(23)25-19(3,4)5/h6-10H,1-5H3. The van der Waals surface area contributed by atoms with Crippen LogP contribution in [0.4, 0.5) is 9.18 Å². The van der Waals surface area contributed by atoms with Gasteiger partial charge in [0.15, 0.2) is 5.75 Å². The second kappa shape index (κ2) is 7.01. The van der Waals surface area contributed by atoms with Crippen molar-refractivity contribution < 1.29 is 18.7 Å². The number of carbonyl (C=O) groups is 1.